The zero-order valence-electron chi connectivity index (χ0n) is 10.1. The van der Waals surface area contributed by atoms with Gasteiger partial charge in [-0.2, -0.15) is 0 Å². The molecule has 0 aliphatic carbocycles. The zero-order chi connectivity index (χ0) is 12.1. The Bertz CT molecular complexity index is 480. The molecule has 2 heteroatoms. The predicted octanol–water partition coefficient (Wildman–Crippen LogP) is 3.16. The van der Waals surface area contributed by atoms with Crippen LogP contribution in [0.25, 0.3) is 0 Å². The van der Waals surface area contributed by atoms with Crippen LogP contribution in [0.15, 0.2) is 48.5 Å². The molecule has 0 N–H and O–H groups in total. The lowest BCUT2D eigenvalue weighted by Gasteiger charge is -2.07. The van der Waals surface area contributed by atoms with Crippen LogP contribution in [0.4, 0.5) is 0 Å². The van der Waals surface area contributed by atoms with Crippen molar-refractivity contribution in [2.75, 3.05) is 0 Å². The number of benzene rings is 2. The SMILES string of the molecule is CCc1cc(Cl)ccc1BCc1ccccc1. The third-order valence-electron chi connectivity index (χ3n) is 3.08. The van der Waals surface area contributed by atoms with Crippen LogP contribution < -0.4 is 5.46 Å². The summed E-state index contributed by atoms with van der Waals surface area (Å²) in [6.45, 7) is 2.18. The summed E-state index contributed by atoms with van der Waals surface area (Å²) in [7, 11) is 1.09. The van der Waals surface area contributed by atoms with Gasteiger partial charge in [0.1, 0.15) is 0 Å². The average molecular weight is 243 g/mol. The van der Waals surface area contributed by atoms with E-state index in [-0.39, 0.29) is 0 Å². The zero-order valence-corrected chi connectivity index (χ0v) is 10.9. The lowest BCUT2D eigenvalue weighted by molar-refractivity contribution is 1.15. The van der Waals surface area contributed by atoms with Crippen LogP contribution in [-0.4, -0.2) is 7.28 Å². The van der Waals surface area contributed by atoms with Crippen molar-refractivity contribution in [3.8, 4) is 0 Å². The van der Waals surface area contributed by atoms with Crippen molar-refractivity contribution in [2.45, 2.75) is 19.7 Å². The van der Waals surface area contributed by atoms with Crippen LogP contribution in [0.5, 0.6) is 0 Å². The number of rotatable bonds is 4. The summed E-state index contributed by atoms with van der Waals surface area (Å²) < 4.78 is 0. The van der Waals surface area contributed by atoms with E-state index < -0.39 is 0 Å². The Morgan fingerprint density at radius 2 is 1.82 bits per heavy atom. The Balaban J connectivity index is 2.09. The second-order valence-electron chi connectivity index (χ2n) is 4.25. The van der Waals surface area contributed by atoms with E-state index in [0.29, 0.717) is 0 Å². The van der Waals surface area contributed by atoms with E-state index in [0.717, 1.165) is 25.0 Å². The molecule has 0 amide bonds. The van der Waals surface area contributed by atoms with Crippen molar-refractivity contribution >= 4 is 24.3 Å². The summed E-state index contributed by atoms with van der Waals surface area (Å²) in [6.07, 6.45) is 2.14. The van der Waals surface area contributed by atoms with Gasteiger partial charge in [-0.05, 0) is 24.9 Å². The van der Waals surface area contributed by atoms with Crippen molar-refractivity contribution in [3.05, 3.63) is 64.7 Å². The van der Waals surface area contributed by atoms with Gasteiger partial charge in [0, 0.05) is 5.02 Å². The second kappa shape index (κ2) is 5.93. The highest BCUT2D eigenvalue weighted by atomic mass is 35.5. The van der Waals surface area contributed by atoms with Crippen molar-refractivity contribution in [2.24, 2.45) is 0 Å². The maximum absolute atomic E-state index is 6.01. The average Bonchev–Trinajstić information content (AvgIpc) is 2.38. The molecule has 0 heterocycles. The maximum atomic E-state index is 6.01. The molecule has 0 fully saturated rings. The first-order chi connectivity index (χ1) is 8.29. The Hall–Kier alpha value is -1.21. The summed E-state index contributed by atoms with van der Waals surface area (Å²) >= 11 is 6.01. The van der Waals surface area contributed by atoms with E-state index in [1.54, 1.807) is 0 Å². The molecule has 0 unspecified atom stereocenters. The highest BCUT2D eigenvalue weighted by molar-refractivity contribution is 6.53. The minimum Gasteiger partial charge on any atom is -0.0843 e. The largest absolute Gasteiger partial charge is 0.162 e. The summed E-state index contributed by atoms with van der Waals surface area (Å²) in [6, 6.07) is 16.8. The molecule has 0 spiro atoms. The molecule has 17 heavy (non-hydrogen) atoms. The van der Waals surface area contributed by atoms with Gasteiger partial charge in [0.2, 0.25) is 0 Å². The molecule has 0 saturated carbocycles. The third-order valence-corrected chi connectivity index (χ3v) is 3.31. The van der Waals surface area contributed by atoms with Gasteiger partial charge in [0.25, 0.3) is 0 Å². The molecular formula is C15H16BCl. The fourth-order valence-corrected chi connectivity index (χ4v) is 2.29. The van der Waals surface area contributed by atoms with Crippen molar-refractivity contribution in [1.82, 2.24) is 0 Å². The van der Waals surface area contributed by atoms with Crippen molar-refractivity contribution in [3.63, 3.8) is 0 Å². The maximum Gasteiger partial charge on any atom is 0.162 e. The molecule has 0 nitrogen and oxygen atoms in total. The first kappa shape index (κ1) is 12.3. The summed E-state index contributed by atoms with van der Waals surface area (Å²) in [5, 5.41) is 0.838. The smallest absolute Gasteiger partial charge is 0.0843 e. The highest BCUT2D eigenvalue weighted by Crippen LogP contribution is 2.10. The molecule has 86 valence electrons. The summed E-state index contributed by atoms with van der Waals surface area (Å²) in [4.78, 5) is 0. The van der Waals surface area contributed by atoms with Gasteiger partial charge in [-0.1, -0.05) is 71.5 Å². The highest BCUT2D eigenvalue weighted by Gasteiger charge is 2.03. The topological polar surface area (TPSA) is 0 Å². The van der Waals surface area contributed by atoms with E-state index in [9.17, 15) is 0 Å². The first-order valence-electron chi connectivity index (χ1n) is 6.11. The Labute approximate surface area is 109 Å². The molecule has 2 aromatic rings. The van der Waals surface area contributed by atoms with Gasteiger partial charge in [-0.3, -0.25) is 0 Å². The number of halogens is 1. The minimum atomic E-state index is 0.838. The van der Waals surface area contributed by atoms with Crippen LogP contribution >= 0.6 is 11.6 Å². The monoisotopic (exact) mass is 242 g/mol. The van der Waals surface area contributed by atoms with Crippen LogP contribution in [0.3, 0.4) is 0 Å². The molecular weight excluding hydrogens is 226 g/mol. The van der Waals surface area contributed by atoms with Gasteiger partial charge >= 0.3 is 0 Å². The van der Waals surface area contributed by atoms with Crippen LogP contribution in [0, 0.1) is 0 Å². The van der Waals surface area contributed by atoms with Crippen molar-refractivity contribution in [1.29, 1.82) is 0 Å². The second-order valence-corrected chi connectivity index (χ2v) is 4.69. The fourth-order valence-electron chi connectivity index (χ4n) is 2.09. The Morgan fingerprint density at radius 3 is 2.53 bits per heavy atom. The Morgan fingerprint density at radius 1 is 1.06 bits per heavy atom. The molecule has 2 aromatic carbocycles. The lowest BCUT2D eigenvalue weighted by atomic mass is 9.63. The molecule has 0 saturated heterocycles. The molecule has 0 atom stereocenters. The minimum absolute atomic E-state index is 0.838. The molecule has 0 bridgehead atoms. The predicted molar refractivity (Wildman–Crippen MR) is 77.8 cm³/mol. The summed E-state index contributed by atoms with van der Waals surface area (Å²) in [5.74, 6) is 0. The van der Waals surface area contributed by atoms with Gasteiger partial charge in [0.05, 0.1) is 0 Å². The molecule has 0 aliphatic heterocycles. The Kier molecular flexibility index (Phi) is 4.27. The molecule has 0 radical (unpaired) electrons. The van der Waals surface area contributed by atoms with Crippen LogP contribution in [0.1, 0.15) is 18.1 Å². The van der Waals surface area contributed by atoms with Crippen LogP contribution in [-0.2, 0) is 12.7 Å². The fraction of sp³-hybridized carbons (Fsp3) is 0.200. The van der Waals surface area contributed by atoms with E-state index >= 15 is 0 Å². The van der Waals surface area contributed by atoms with E-state index in [4.69, 9.17) is 11.6 Å². The van der Waals surface area contributed by atoms with Crippen molar-refractivity contribution < 1.29 is 0 Å². The molecule has 2 rings (SSSR count). The number of hydrogen-bond donors (Lipinski definition) is 0. The van der Waals surface area contributed by atoms with Gasteiger partial charge in [0.15, 0.2) is 7.28 Å². The molecule has 0 aromatic heterocycles. The first-order valence-corrected chi connectivity index (χ1v) is 6.48. The van der Waals surface area contributed by atoms with Gasteiger partial charge < -0.3 is 0 Å². The lowest BCUT2D eigenvalue weighted by Crippen LogP contribution is -2.21. The standard InChI is InChI=1S/C15H16BCl/c1-2-13-10-14(17)8-9-15(13)16-11-12-6-4-3-5-7-12/h3-10,16H,2,11H2,1H3. The quantitative estimate of drug-likeness (QED) is 0.723. The van der Waals surface area contributed by atoms with E-state index in [1.165, 1.54) is 16.6 Å². The number of aryl methyl sites for hydroxylation is 1. The third kappa shape index (κ3) is 3.37. The van der Waals surface area contributed by atoms with E-state index in [2.05, 4.69) is 49.4 Å². The van der Waals surface area contributed by atoms with E-state index in [1.807, 2.05) is 6.07 Å². The van der Waals surface area contributed by atoms with Gasteiger partial charge in [-0.15, -0.1) is 0 Å². The van der Waals surface area contributed by atoms with Crippen LogP contribution in [0.2, 0.25) is 5.02 Å². The number of hydrogen-bond acceptors (Lipinski definition) is 0. The normalized spacial score (nSPS) is 10.2. The summed E-state index contributed by atoms with van der Waals surface area (Å²) in [5.41, 5.74) is 4.18. The molecule has 0 aliphatic rings. The van der Waals surface area contributed by atoms with Gasteiger partial charge in [-0.25, -0.2) is 0 Å².